The minimum absolute atomic E-state index is 0.545. The van der Waals surface area contributed by atoms with Gasteiger partial charge in [0.05, 0.1) is 26.1 Å². The predicted molar refractivity (Wildman–Crippen MR) is 65.3 cm³/mol. The van der Waals surface area contributed by atoms with E-state index in [4.69, 9.17) is 9.47 Å². The van der Waals surface area contributed by atoms with Crippen molar-refractivity contribution in [2.24, 2.45) is 0 Å². The molecule has 4 heteroatoms. The first-order valence-electron chi connectivity index (χ1n) is 5.27. The van der Waals surface area contributed by atoms with Crippen molar-refractivity contribution in [2.45, 2.75) is 6.92 Å². The molecular formula is C13H14N2O2. The van der Waals surface area contributed by atoms with Crippen LogP contribution in [0.3, 0.4) is 0 Å². The number of aromatic nitrogens is 2. The Morgan fingerprint density at radius 2 is 1.82 bits per heavy atom. The predicted octanol–water partition coefficient (Wildman–Crippen LogP) is 2.47. The van der Waals surface area contributed by atoms with Gasteiger partial charge in [-0.2, -0.15) is 0 Å². The van der Waals surface area contributed by atoms with E-state index in [1.165, 1.54) is 0 Å². The van der Waals surface area contributed by atoms with Crippen molar-refractivity contribution >= 4 is 0 Å². The van der Waals surface area contributed by atoms with Crippen LogP contribution in [0.2, 0.25) is 0 Å². The van der Waals surface area contributed by atoms with Crippen molar-refractivity contribution in [2.75, 3.05) is 14.2 Å². The highest BCUT2D eigenvalue weighted by atomic mass is 16.5. The zero-order valence-corrected chi connectivity index (χ0v) is 10.1. The summed E-state index contributed by atoms with van der Waals surface area (Å²) in [4.78, 5) is 8.66. The molecule has 0 amide bonds. The maximum absolute atomic E-state index is 5.30. The molecular weight excluding hydrogens is 216 g/mol. The summed E-state index contributed by atoms with van der Waals surface area (Å²) < 4.78 is 10.4. The van der Waals surface area contributed by atoms with Crippen molar-refractivity contribution in [1.82, 2.24) is 9.97 Å². The zero-order chi connectivity index (χ0) is 12.3. The molecule has 1 aromatic carbocycles. The summed E-state index contributed by atoms with van der Waals surface area (Å²) in [6.07, 6.45) is 1.68. The Morgan fingerprint density at radius 3 is 2.47 bits per heavy atom. The summed E-state index contributed by atoms with van der Waals surface area (Å²) in [6.45, 7) is 1.87. The Hall–Kier alpha value is -2.10. The number of methoxy groups -OCH3 is 2. The van der Waals surface area contributed by atoms with Crippen molar-refractivity contribution in [3.63, 3.8) is 0 Å². The molecule has 0 saturated carbocycles. The Bertz CT molecular complexity index is 527. The molecule has 17 heavy (non-hydrogen) atoms. The highest BCUT2D eigenvalue weighted by Gasteiger charge is 2.09. The third-order valence-electron chi connectivity index (χ3n) is 2.48. The molecule has 88 valence electrons. The Morgan fingerprint density at radius 1 is 1.06 bits per heavy atom. The number of benzene rings is 1. The van der Waals surface area contributed by atoms with Gasteiger partial charge in [0.2, 0.25) is 5.88 Å². The molecule has 0 spiro atoms. The van der Waals surface area contributed by atoms with Crippen LogP contribution >= 0.6 is 0 Å². The Kier molecular flexibility index (Phi) is 3.23. The second-order valence-electron chi connectivity index (χ2n) is 3.55. The van der Waals surface area contributed by atoms with E-state index < -0.39 is 0 Å². The van der Waals surface area contributed by atoms with Crippen LogP contribution in [0.25, 0.3) is 11.3 Å². The molecule has 0 aliphatic heterocycles. The molecule has 0 aliphatic rings. The van der Waals surface area contributed by atoms with Gasteiger partial charge >= 0.3 is 0 Å². The molecule has 0 radical (unpaired) electrons. The average Bonchev–Trinajstić information content (AvgIpc) is 2.38. The molecule has 0 aliphatic carbocycles. The average molecular weight is 230 g/mol. The molecule has 0 fully saturated rings. The first kappa shape index (κ1) is 11.4. The maximum atomic E-state index is 5.30. The highest BCUT2D eigenvalue weighted by Crippen LogP contribution is 2.28. The van der Waals surface area contributed by atoms with Crippen LogP contribution in [0.1, 0.15) is 5.69 Å². The lowest BCUT2D eigenvalue weighted by molar-refractivity contribution is 0.392. The van der Waals surface area contributed by atoms with Crippen LogP contribution < -0.4 is 9.47 Å². The topological polar surface area (TPSA) is 44.2 Å². The van der Waals surface area contributed by atoms with Crippen LogP contribution in [0.4, 0.5) is 0 Å². The molecule has 2 rings (SSSR count). The lowest BCUT2D eigenvalue weighted by Gasteiger charge is -2.09. The second-order valence-corrected chi connectivity index (χ2v) is 3.55. The van der Waals surface area contributed by atoms with Gasteiger partial charge in [0.25, 0.3) is 0 Å². The minimum Gasteiger partial charge on any atom is -0.496 e. The van der Waals surface area contributed by atoms with E-state index in [0.29, 0.717) is 5.88 Å². The van der Waals surface area contributed by atoms with Gasteiger partial charge in [-0.15, -0.1) is 0 Å². The van der Waals surface area contributed by atoms with Crippen LogP contribution in [-0.4, -0.2) is 24.2 Å². The fourth-order valence-corrected chi connectivity index (χ4v) is 1.66. The lowest BCUT2D eigenvalue weighted by atomic mass is 10.1. The van der Waals surface area contributed by atoms with Crippen molar-refractivity contribution in [3.8, 4) is 22.9 Å². The number of ether oxygens (including phenoxy) is 2. The number of nitrogens with zero attached hydrogens (tertiary/aromatic N) is 2. The van der Waals surface area contributed by atoms with Crippen LogP contribution in [0, 0.1) is 6.92 Å². The number of para-hydroxylation sites is 1. The van der Waals surface area contributed by atoms with Gasteiger partial charge in [0.15, 0.2) is 0 Å². The highest BCUT2D eigenvalue weighted by molar-refractivity contribution is 5.66. The molecule has 2 aromatic rings. The zero-order valence-electron chi connectivity index (χ0n) is 10.1. The summed E-state index contributed by atoms with van der Waals surface area (Å²) in [6, 6.07) is 7.72. The molecule has 0 N–H and O–H groups in total. The van der Waals surface area contributed by atoms with Gasteiger partial charge in [-0.3, -0.25) is 0 Å². The van der Waals surface area contributed by atoms with E-state index in [9.17, 15) is 0 Å². The van der Waals surface area contributed by atoms with Gasteiger partial charge in [-0.25, -0.2) is 9.97 Å². The number of rotatable bonds is 3. The van der Waals surface area contributed by atoms with E-state index >= 15 is 0 Å². The van der Waals surface area contributed by atoms with E-state index in [1.54, 1.807) is 20.4 Å². The SMILES string of the molecule is COc1ccccc1-c1cnc(OC)c(C)n1. The minimum atomic E-state index is 0.545. The maximum Gasteiger partial charge on any atom is 0.235 e. The fraction of sp³-hybridized carbons (Fsp3) is 0.231. The van der Waals surface area contributed by atoms with Crippen LogP contribution in [0.5, 0.6) is 11.6 Å². The Labute approximate surface area is 100 Å². The molecule has 1 aromatic heterocycles. The molecule has 0 unspecified atom stereocenters. The third kappa shape index (κ3) is 2.20. The summed E-state index contributed by atoms with van der Waals surface area (Å²) in [5.74, 6) is 1.33. The summed E-state index contributed by atoms with van der Waals surface area (Å²) in [5, 5.41) is 0. The number of hydrogen-bond acceptors (Lipinski definition) is 4. The molecule has 0 atom stereocenters. The quantitative estimate of drug-likeness (QED) is 0.812. The summed E-state index contributed by atoms with van der Waals surface area (Å²) in [7, 11) is 3.22. The van der Waals surface area contributed by atoms with Crippen molar-refractivity contribution in [1.29, 1.82) is 0 Å². The van der Waals surface area contributed by atoms with Gasteiger partial charge < -0.3 is 9.47 Å². The van der Waals surface area contributed by atoms with E-state index in [1.807, 2.05) is 31.2 Å². The largest absolute Gasteiger partial charge is 0.496 e. The molecule has 1 heterocycles. The van der Waals surface area contributed by atoms with E-state index in [-0.39, 0.29) is 0 Å². The number of aryl methyl sites for hydroxylation is 1. The fourth-order valence-electron chi connectivity index (χ4n) is 1.66. The summed E-state index contributed by atoms with van der Waals surface area (Å²) >= 11 is 0. The first-order valence-corrected chi connectivity index (χ1v) is 5.27. The summed E-state index contributed by atoms with van der Waals surface area (Å²) in [5.41, 5.74) is 2.46. The standard InChI is InChI=1S/C13H14N2O2/c1-9-13(17-3)14-8-11(15-9)10-6-4-5-7-12(10)16-2/h4-8H,1-3H3. The van der Waals surface area contributed by atoms with E-state index in [0.717, 1.165) is 22.7 Å². The van der Waals surface area contributed by atoms with E-state index in [2.05, 4.69) is 9.97 Å². The second kappa shape index (κ2) is 4.82. The van der Waals surface area contributed by atoms with Gasteiger partial charge in [-0.05, 0) is 19.1 Å². The van der Waals surface area contributed by atoms with Crippen molar-refractivity contribution < 1.29 is 9.47 Å². The van der Waals surface area contributed by atoms with Gasteiger partial charge in [0, 0.05) is 5.56 Å². The molecule has 0 saturated heterocycles. The smallest absolute Gasteiger partial charge is 0.235 e. The first-order chi connectivity index (χ1) is 8.26. The Balaban J connectivity index is 2.49. The van der Waals surface area contributed by atoms with Crippen molar-refractivity contribution in [3.05, 3.63) is 36.2 Å². The van der Waals surface area contributed by atoms with Crippen LogP contribution in [0.15, 0.2) is 30.5 Å². The lowest BCUT2D eigenvalue weighted by Crippen LogP contribution is -1.97. The molecule has 0 bridgehead atoms. The third-order valence-corrected chi connectivity index (χ3v) is 2.48. The normalized spacial score (nSPS) is 10.1. The van der Waals surface area contributed by atoms with Gasteiger partial charge in [0.1, 0.15) is 11.4 Å². The van der Waals surface area contributed by atoms with Gasteiger partial charge in [-0.1, -0.05) is 12.1 Å². The monoisotopic (exact) mass is 230 g/mol. The van der Waals surface area contributed by atoms with Crippen LogP contribution in [-0.2, 0) is 0 Å². The number of hydrogen-bond donors (Lipinski definition) is 0. The molecule has 4 nitrogen and oxygen atoms in total.